The first-order chi connectivity index (χ1) is 8.75. The molecule has 1 amide bonds. The SMILES string of the molecule is O=C(CNC1CCCCCC1O)NC1CCCC1. The van der Waals surface area contributed by atoms with Crippen LogP contribution in [0.3, 0.4) is 0 Å². The van der Waals surface area contributed by atoms with Crippen molar-refractivity contribution in [3.8, 4) is 0 Å². The topological polar surface area (TPSA) is 61.4 Å². The molecule has 0 aromatic heterocycles. The van der Waals surface area contributed by atoms with Crippen LogP contribution in [-0.2, 0) is 4.79 Å². The average Bonchev–Trinajstić information content (AvgIpc) is 2.76. The van der Waals surface area contributed by atoms with Gasteiger partial charge in [0.05, 0.1) is 12.6 Å². The lowest BCUT2D eigenvalue weighted by atomic mass is 10.1. The number of nitrogens with one attached hydrogen (secondary N) is 2. The van der Waals surface area contributed by atoms with Gasteiger partial charge < -0.3 is 15.7 Å². The van der Waals surface area contributed by atoms with Gasteiger partial charge >= 0.3 is 0 Å². The maximum absolute atomic E-state index is 11.8. The summed E-state index contributed by atoms with van der Waals surface area (Å²) in [4.78, 5) is 11.8. The molecule has 0 aliphatic heterocycles. The second-order valence-electron chi connectivity index (χ2n) is 5.74. The van der Waals surface area contributed by atoms with Crippen molar-refractivity contribution in [2.75, 3.05) is 6.54 Å². The van der Waals surface area contributed by atoms with E-state index in [1.165, 1.54) is 19.3 Å². The molecule has 2 aliphatic carbocycles. The molecule has 0 saturated heterocycles. The van der Waals surface area contributed by atoms with E-state index >= 15 is 0 Å². The Labute approximate surface area is 110 Å². The summed E-state index contributed by atoms with van der Waals surface area (Å²) in [6.45, 7) is 0.345. The molecular formula is C14H26N2O2. The number of amides is 1. The summed E-state index contributed by atoms with van der Waals surface area (Å²) in [5.41, 5.74) is 0. The predicted molar refractivity (Wildman–Crippen MR) is 71.3 cm³/mol. The van der Waals surface area contributed by atoms with Gasteiger partial charge in [-0.3, -0.25) is 4.79 Å². The van der Waals surface area contributed by atoms with Gasteiger partial charge in [-0.15, -0.1) is 0 Å². The molecule has 2 saturated carbocycles. The van der Waals surface area contributed by atoms with Crippen LogP contribution >= 0.6 is 0 Å². The van der Waals surface area contributed by atoms with Gasteiger partial charge in [-0.05, 0) is 25.7 Å². The van der Waals surface area contributed by atoms with Crippen LogP contribution in [0.2, 0.25) is 0 Å². The van der Waals surface area contributed by atoms with Crippen molar-refractivity contribution >= 4 is 5.91 Å². The van der Waals surface area contributed by atoms with E-state index in [1.54, 1.807) is 0 Å². The van der Waals surface area contributed by atoms with Crippen molar-refractivity contribution < 1.29 is 9.90 Å². The number of carbonyl (C=O) groups excluding carboxylic acids is 1. The van der Waals surface area contributed by atoms with Crippen molar-refractivity contribution in [2.24, 2.45) is 0 Å². The highest BCUT2D eigenvalue weighted by Crippen LogP contribution is 2.18. The summed E-state index contributed by atoms with van der Waals surface area (Å²) in [5, 5.41) is 16.2. The minimum absolute atomic E-state index is 0.0818. The first-order valence-corrected chi connectivity index (χ1v) is 7.46. The van der Waals surface area contributed by atoms with Crippen LogP contribution in [0.25, 0.3) is 0 Å². The quantitative estimate of drug-likeness (QED) is 0.663. The zero-order chi connectivity index (χ0) is 12.8. The molecule has 2 unspecified atom stereocenters. The Morgan fingerprint density at radius 2 is 1.67 bits per heavy atom. The van der Waals surface area contributed by atoms with Crippen LogP contribution in [0.1, 0.15) is 57.8 Å². The molecule has 0 bridgehead atoms. The summed E-state index contributed by atoms with van der Waals surface area (Å²) in [6.07, 6.45) is 9.73. The number of aliphatic hydroxyl groups excluding tert-OH is 1. The van der Waals surface area contributed by atoms with Gasteiger partial charge in [0.1, 0.15) is 0 Å². The molecule has 4 nitrogen and oxygen atoms in total. The Hall–Kier alpha value is -0.610. The second kappa shape index (κ2) is 7.10. The summed E-state index contributed by atoms with van der Waals surface area (Å²) in [6, 6.07) is 0.486. The highest BCUT2D eigenvalue weighted by atomic mass is 16.3. The van der Waals surface area contributed by atoms with E-state index in [2.05, 4.69) is 10.6 Å². The molecule has 0 aromatic rings. The van der Waals surface area contributed by atoms with Crippen LogP contribution < -0.4 is 10.6 Å². The van der Waals surface area contributed by atoms with Crippen LogP contribution in [0, 0.1) is 0 Å². The molecule has 18 heavy (non-hydrogen) atoms. The third-order valence-electron chi connectivity index (χ3n) is 4.22. The molecule has 2 fully saturated rings. The van der Waals surface area contributed by atoms with Crippen LogP contribution in [-0.4, -0.2) is 35.7 Å². The van der Waals surface area contributed by atoms with Crippen molar-refractivity contribution in [2.45, 2.75) is 76.0 Å². The van der Waals surface area contributed by atoms with E-state index in [0.717, 1.165) is 38.5 Å². The molecule has 0 radical (unpaired) electrons. The number of rotatable bonds is 4. The Morgan fingerprint density at radius 1 is 1.00 bits per heavy atom. The maximum Gasteiger partial charge on any atom is 0.234 e. The molecule has 2 atom stereocenters. The number of hydrogen-bond donors (Lipinski definition) is 3. The summed E-state index contributed by atoms with van der Waals surface area (Å²) in [7, 11) is 0. The van der Waals surface area contributed by atoms with E-state index in [9.17, 15) is 9.90 Å². The predicted octanol–water partition coefficient (Wildman–Crippen LogP) is 1.33. The van der Waals surface area contributed by atoms with Gasteiger partial charge in [0, 0.05) is 12.1 Å². The third kappa shape index (κ3) is 4.25. The fourth-order valence-corrected chi connectivity index (χ4v) is 3.10. The lowest BCUT2D eigenvalue weighted by Gasteiger charge is -2.22. The third-order valence-corrected chi connectivity index (χ3v) is 4.22. The Kier molecular flexibility index (Phi) is 5.45. The molecule has 0 aromatic carbocycles. The Bertz CT molecular complexity index is 265. The van der Waals surface area contributed by atoms with E-state index in [1.807, 2.05) is 0 Å². The zero-order valence-corrected chi connectivity index (χ0v) is 11.2. The fourth-order valence-electron chi connectivity index (χ4n) is 3.10. The largest absolute Gasteiger partial charge is 0.392 e. The monoisotopic (exact) mass is 254 g/mol. The molecule has 0 heterocycles. The van der Waals surface area contributed by atoms with Gasteiger partial charge in [0.2, 0.25) is 5.91 Å². The van der Waals surface area contributed by atoms with Crippen LogP contribution in [0.5, 0.6) is 0 Å². The Morgan fingerprint density at radius 3 is 2.44 bits per heavy atom. The number of aliphatic hydroxyl groups is 1. The molecule has 2 rings (SSSR count). The molecule has 104 valence electrons. The lowest BCUT2D eigenvalue weighted by molar-refractivity contribution is -0.121. The van der Waals surface area contributed by atoms with Gasteiger partial charge in [-0.25, -0.2) is 0 Å². The summed E-state index contributed by atoms with van der Waals surface area (Å²) in [5.74, 6) is 0.0818. The van der Waals surface area contributed by atoms with E-state index in [-0.39, 0.29) is 18.1 Å². The van der Waals surface area contributed by atoms with Gasteiger partial charge in [-0.1, -0.05) is 32.1 Å². The minimum atomic E-state index is -0.285. The first-order valence-electron chi connectivity index (χ1n) is 7.46. The smallest absolute Gasteiger partial charge is 0.234 e. The van der Waals surface area contributed by atoms with Crippen LogP contribution in [0.15, 0.2) is 0 Å². The van der Waals surface area contributed by atoms with Crippen molar-refractivity contribution in [3.05, 3.63) is 0 Å². The molecular weight excluding hydrogens is 228 g/mol. The van der Waals surface area contributed by atoms with Crippen molar-refractivity contribution in [1.82, 2.24) is 10.6 Å². The molecule has 2 aliphatic rings. The Balaban J connectivity index is 1.67. The van der Waals surface area contributed by atoms with Crippen molar-refractivity contribution in [1.29, 1.82) is 0 Å². The summed E-state index contributed by atoms with van der Waals surface area (Å²) >= 11 is 0. The van der Waals surface area contributed by atoms with Crippen molar-refractivity contribution in [3.63, 3.8) is 0 Å². The maximum atomic E-state index is 11.8. The normalized spacial score (nSPS) is 30.1. The first kappa shape index (κ1) is 13.8. The van der Waals surface area contributed by atoms with E-state index in [4.69, 9.17) is 0 Å². The molecule has 0 spiro atoms. The average molecular weight is 254 g/mol. The zero-order valence-electron chi connectivity index (χ0n) is 11.2. The van der Waals surface area contributed by atoms with Crippen LogP contribution in [0.4, 0.5) is 0 Å². The van der Waals surface area contributed by atoms with Gasteiger partial charge in [-0.2, -0.15) is 0 Å². The standard InChI is InChI=1S/C14H26N2O2/c17-13-9-3-1-2-8-12(13)15-10-14(18)16-11-6-4-5-7-11/h11-13,15,17H,1-10H2,(H,16,18). The minimum Gasteiger partial charge on any atom is -0.392 e. The van der Waals surface area contributed by atoms with Gasteiger partial charge in [0.15, 0.2) is 0 Å². The lowest BCUT2D eigenvalue weighted by Crippen LogP contribution is -2.46. The highest BCUT2D eigenvalue weighted by Gasteiger charge is 2.22. The fraction of sp³-hybridized carbons (Fsp3) is 0.929. The summed E-state index contributed by atoms with van der Waals surface area (Å²) < 4.78 is 0. The number of hydrogen-bond acceptors (Lipinski definition) is 3. The van der Waals surface area contributed by atoms with Gasteiger partial charge in [0.25, 0.3) is 0 Å². The van der Waals surface area contributed by atoms with E-state index in [0.29, 0.717) is 12.6 Å². The molecule has 3 N–H and O–H groups in total. The molecule has 4 heteroatoms. The number of carbonyl (C=O) groups is 1. The second-order valence-corrected chi connectivity index (χ2v) is 5.74. The highest BCUT2D eigenvalue weighted by molar-refractivity contribution is 5.78. The van der Waals surface area contributed by atoms with E-state index < -0.39 is 0 Å².